The predicted molar refractivity (Wildman–Crippen MR) is 88.8 cm³/mol. The van der Waals surface area contributed by atoms with Gasteiger partial charge in [0.2, 0.25) is 0 Å². The summed E-state index contributed by atoms with van der Waals surface area (Å²) >= 11 is 0. The van der Waals surface area contributed by atoms with Gasteiger partial charge >= 0.3 is 5.97 Å². The van der Waals surface area contributed by atoms with Crippen LogP contribution in [0.4, 0.5) is 0 Å². The van der Waals surface area contributed by atoms with Crippen LogP contribution >= 0.6 is 0 Å². The molecule has 3 aliphatic carbocycles. The number of hydrogen-bond acceptors (Lipinski definition) is 3. The molecule has 0 radical (unpaired) electrons. The maximum atomic E-state index is 12.8. The zero-order chi connectivity index (χ0) is 16.9. The maximum absolute atomic E-state index is 12.8. The molecule has 2 saturated carbocycles. The van der Waals surface area contributed by atoms with Gasteiger partial charge in [-0.05, 0) is 54.6 Å². The van der Waals surface area contributed by atoms with Crippen molar-refractivity contribution >= 4 is 11.8 Å². The molecule has 128 valence electrons. The number of carbonyl (C=O) groups excluding carboxylic acids is 1. The fourth-order valence-electron chi connectivity index (χ4n) is 5.95. The van der Waals surface area contributed by atoms with Gasteiger partial charge < -0.3 is 9.84 Å². The van der Waals surface area contributed by atoms with Gasteiger partial charge in [0.1, 0.15) is 5.78 Å². The molecule has 2 fully saturated rings. The van der Waals surface area contributed by atoms with E-state index in [1.165, 1.54) is 11.1 Å². The fourth-order valence-corrected chi connectivity index (χ4v) is 5.95. The van der Waals surface area contributed by atoms with E-state index in [0.29, 0.717) is 12.5 Å². The Morgan fingerprint density at radius 3 is 2.88 bits per heavy atom. The van der Waals surface area contributed by atoms with E-state index >= 15 is 0 Å². The molecule has 3 aliphatic rings. The first kappa shape index (κ1) is 15.8. The Kier molecular flexibility index (Phi) is 3.75. The van der Waals surface area contributed by atoms with Crippen LogP contribution in [-0.4, -0.2) is 30.6 Å². The third-order valence-electron chi connectivity index (χ3n) is 6.83. The highest BCUT2D eigenvalue weighted by molar-refractivity contribution is 5.93. The Morgan fingerprint density at radius 1 is 1.33 bits per heavy atom. The second-order valence-corrected chi connectivity index (χ2v) is 7.73. The standard InChI is InChI=1S/C20H24O4/c1-24-11-20-9-8-14-13-5-3-2-4-12(13)6-7-15(14)18(20)16(19(22)23)10-17(20)21/h2-5,14-16,18H,6-11H2,1H3,(H,22,23)/t14-,15-,16?,18-,20+/m1/s1. The van der Waals surface area contributed by atoms with Crippen LogP contribution < -0.4 is 0 Å². The van der Waals surface area contributed by atoms with E-state index in [1.807, 2.05) is 0 Å². The number of aliphatic carboxylic acids is 1. The number of ether oxygens (including phenoxy) is 1. The lowest BCUT2D eigenvalue weighted by Gasteiger charge is -2.50. The van der Waals surface area contributed by atoms with Crippen molar-refractivity contribution in [1.29, 1.82) is 0 Å². The molecule has 0 heterocycles. The SMILES string of the molecule is COC[C@]12CC[C@@H]3c4ccccc4CC[C@H]3[C@@H]1C(C(=O)O)CC2=O. The molecule has 5 atom stereocenters. The number of rotatable bonds is 3. The van der Waals surface area contributed by atoms with Gasteiger partial charge in [0.25, 0.3) is 0 Å². The molecule has 4 heteroatoms. The Morgan fingerprint density at radius 2 is 2.12 bits per heavy atom. The molecule has 0 spiro atoms. The molecule has 0 aliphatic heterocycles. The van der Waals surface area contributed by atoms with Gasteiger partial charge in [0, 0.05) is 13.5 Å². The molecule has 1 N–H and O–H groups in total. The first-order chi connectivity index (χ1) is 11.6. The Hall–Kier alpha value is -1.68. The highest BCUT2D eigenvalue weighted by atomic mass is 16.5. The number of carbonyl (C=O) groups is 2. The minimum Gasteiger partial charge on any atom is -0.481 e. The number of aryl methyl sites for hydroxylation is 1. The maximum Gasteiger partial charge on any atom is 0.307 e. The number of benzene rings is 1. The number of ketones is 1. The second kappa shape index (κ2) is 5.69. The van der Waals surface area contributed by atoms with E-state index in [1.54, 1.807) is 7.11 Å². The smallest absolute Gasteiger partial charge is 0.307 e. The lowest BCUT2D eigenvalue weighted by atomic mass is 9.54. The van der Waals surface area contributed by atoms with Crippen LogP contribution in [0.3, 0.4) is 0 Å². The highest BCUT2D eigenvalue weighted by Gasteiger charge is 2.62. The van der Waals surface area contributed by atoms with Gasteiger partial charge in [-0.25, -0.2) is 0 Å². The van der Waals surface area contributed by atoms with Crippen LogP contribution in [0.1, 0.15) is 42.7 Å². The van der Waals surface area contributed by atoms with Gasteiger partial charge in [0.05, 0.1) is 17.9 Å². The Balaban J connectivity index is 1.78. The molecule has 1 unspecified atom stereocenters. The summed E-state index contributed by atoms with van der Waals surface area (Å²) in [5.74, 6) is -0.681. The molecule has 1 aromatic carbocycles. The zero-order valence-electron chi connectivity index (χ0n) is 14.0. The fraction of sp³-hybridized carbons (Fsp3) is 0.600. The molecule has 4 nitrogen and oxygen atoms in total. The topological polar surface area (TPSA) is 63.6 Å². The van der Waals surface area contributed by atoms with E-state index in [9.17, 15) is 14.7 Å². The summed E-state index contributed by atoms with van der Waals surface area (Å²) in [6, 6.07) is 8.54. The third-order valence-corrected chi connectivity index (χ3v) is 6.83. The number of carboxylic acid groups (broad SMARTS) is 1. The van der Waals surface area contributed by atoms with Crippen molar-refractivity contribution in [2.75, 3.05) is 13.7 Å². The Labute approximate surface area is 142 Å². The normalized spacial score (nSPS) is 37.5. The largest absolute Gasteiger partial charge is 0.481 e. The first-order valence-corrected chi connectivity index (χ1v) is 8.91. The summed E-state index contributed by atoms with van der Waals surface area (Å²) in [4.78, 5) is 24.7. The van der Waals surface area contributed by atoms with Crippen LogP contribution in [0.25, 0.3) is 0 Å². The van der Waals surface area contributed by atoms with Crippen LogP contribution in [0.15, 0.2) is 24.3 Å². The third kappa shape index (κ3) is 2.08. The van der Waals surface area contributed by atoms with E-state index in [-0.39, 0.29) is 24.0 Å². The minimum absolute atomic E-state index is 0.0884. The van der Waals surface area contributed by atoms with Crippen LogP contribution in [0.2, 0.25) is 0 Å². The number of fused-ring (bicyclic) bond motifs is 5. The summed E-state index contributed by atoms with van der Waals surface area (Å²) in [5, 5.41) is 9.75. The molecule has 0 amide bonds. The number of methoxy groups -OCH3 is 1. The summed E-state index contributed by atoms with van der Waals surface area (Å²) in [5.41, 5.74) is 2.20. The van der Waals surface area contributed by atoms with Crippen molar-refractivity contribution in [3.8, 4) is 0 Å². The van der Waals surface area contributed by atoms with Gasteiger partial charge in [-0.15, -0.1) is 0 Å². The summed E-state index contributed by atoms with van der Waals surface area (Å²) < 4.78 is 5.42. The van der Waals surface area contributed by atoms with E-state index < -0.39 is 17.3 Å². The lowest BCUT2D eigenvalue weighted by Crippen LogP contribution is -2.49. The molecule has 24 heavy (non-hydrogen) atoms. The monoisotopic (exact) mass is 328 g/mol. The minimum atomic E-state index is -0.814. The van der Waals surface area contributed by atoms with Crippen molar-refractivity contribution < 1.29 is 19.4 Å². The van der Waals surface area contributed by atoms with Crippen LogP contribution in [0, 0.1) is 23.2 Å². The second-order valence-electron chi connectivity index (χ2n) is 7.73. The van der Waals surface area contributed by atoms with Crippen LogP contribution in [0.5, 0.6) is 0 Å². The number of carboxylic acids is 1. The number of Topliss-reactive ketones (excluding diaryl/α,β-unsaturated/α-hetero) is 1. The van der Waals surface area contributed by atoms with Crippen molar-refractivity contribution in [2.45, 2.75) is 38.0 Å². The predicted octanol–water partition coefficient (Wildman–Crippen LogP) is 3.05. The average Bonchev–Trinajstić information content (AvgIpc) is 2.88. The molecule has 4 rings (SSSR count). The molecule has 1 aromatic rings. The number of hydrogen-bond donors (Lipinski definition) is 1. The lowest BCUT2D eigenvalue weighted by molar-refractivity contribution is -0.147. The van der Waals surface area contributed by atoms with Gasteiger partial charge in [0.15, 0.2) is 0 Å². The Bertz CT molecular complexity index is 682. The van der Waals surface area contributed by atoms with Crippen molar-refractivity contribution in [2.24, 2.45) is 23.2 Å². The van der Waals surface area contributed by atoms with Crippen molar-refractivity contribution in [1.82, 2.24) is 0 Å². The quantitative estimate of drug-likeness (QED) is 0.926. The zero-order valence-corrected chi connectivity index (χ0v) is 14.0. The summed E-state index contributed by atoms with van der Waals surface area (Å²) in [6.07, 6.45) is 3.85. The van der Waals surface area contributed by atoms with Gasteiger partial charge in [-0.1, -0.05) is 24.3 Å². The van der Waals surface area contributed by atoms with E-state index in [4.69, 9.17) is 4.74 Å². The van der Waals surface area contributed by atoms with Crippen LogP contribution in [-0.2, 0) is 20.7 Å². The highest BCUT2D eigenvalue weighted by Crippen LogP contribution is 2.61. The summed E-state index contributed by atoms with van der Waals surface area (Å²) in [6.45, 7) is 0.366. The first-order valence-electron chi connectivity index (χ1n) is 8.91. The summed E-state index contributed by atoms with van der Waals surface area (Å²) in [7, 11) is 1.62. The van der Waals surface area contributed by atoms with Crippen molar-refractivity contribution in [3.63, 3.8) is 0 Å². The molecule has 0 aromatic heterocycles. The molecular weight excluding hydrogens is 304 g/mol. The van der Waals surface area contributed by atoms with E-state index in [0.717, 1.165) is 25.7 Å². The molecule has 0 saturated heterocycles. The van der Waals surface area contributed by atoms with Gasteiger partial charge in [-0.3, -0.25) is 9.59 Å². The van der Waals surface area contributed by atoms with E-state index in [2.05, 4.69) is 24.3 Å². The average molecular weight is 328 g/mol. The molecule has 0 bridgehead atoms. The van der Waals surface area contributed by atoms with Crippen molar-refractivity contribution in [3.05, 3.63) is 35.4 Å². The molecular formula is C20H24O4. The van der Waals surface area contributed by atoms with Gasteiger partial charge in [-0.2, -0.15) is 0 Å².